The van der Waals surface area contributed by atoms with Crippen LogP contribution in [0.1, 0.15) is 90.4 Å². The highest BCUT2D eigenvalue weighted by molar-refractivity contribution is 6.33. The fraction of sp³-hybridized carbons (Fsp3) is 0.789. The van der Waals surface area contributed by atoms with Crippen molar-refractivity contribution < 1.29 is 14.3 Å². The Morgan fingerprint density at radius 1 is 0.773 bits per heavy atom. The number of unbranched alkanes of at least 4 members (excludes halogenated alkanes) is 10. The molecule has 0 aromatic rings. The van der Waals surface area contributed by atoms with Crippen LogP contribution in [0.2, 0.25) is 0 Å². The molecule has 0 aliphatic carbocycles. The van der Waals surface area contributed by atoms with E-state index in [-0.39, 0.29) is 0 Å². The van der Waals surface area contributed by atoms with Gasteiger partial charge >= 0.3 is 5.97 Å². The maximum absolute atomic E-state index is 11.2. The highest BCUT2D eigenvalue weighted by Crippen LogP contribution is 2.09. The van der Waals surface area contributed by atoms with Crippen molar-refractivity contribution in [2.24, 2.45) is 0 Å². The Kier molecular flexibility index (Phi) is 15.4. The zero-order valence-electron chi connectivity index (χ0n) is 14.6. The highest BCUT2D eigenvalue weighted by Gasteiger charge is 2.12. The minimum atomic E-state index is -0.711. The normalized spacial score (nSPS) is 11.0. The number of esters is 1. The van der Waals surface area contributed by atoms with Crippen LogP contribution in [0.25, 0.3) is 0 Å². The number of allylic oxidation sites excluding steroid dienone is 2. The molecule has 0 rings (SSSR count). The molecule has 0 saturated carbocycles. The lowest BCUT2D eigenvalue weighted by molar-refractivity contribution is -0.151. The summed E-state index contributed by atoms with van der Waals surface area (Å²) in [4.78, 5) is 22.1. The van der Waals surface area contributed by atoms with Crippen LogP contribution in [0, 0.1) is 0 Å². The fourth-order valence-corrected chi connectivity index (χ4v) is 2.40. The van der Waals surface area contributed by atoms with Gasteiger partial charge in [0.15, 0.2) is 0 Å². The molecule has 0 heterocycles. The largest absolute Gasteiger partial charge is 0.463 e. The maximum Gasteiger partial charge on any atom is 0.374 e. The average Bonchev–Trinajstić information content (AvgIpc) is 2.54. The standard InChI is InChI=1S/C19H34O3/c1-3-4-5-6-7-8-9-10-11-12-13-14-15-16-17-18(20)19(21)22-2/h10-11H,3-9,12-17H2,1-2H3/b11-10-. The first kappa shape index (κ1) is 20.9. The number of carbonyl (C=O) groups is 2. The van der Waals surface area contributed by atoms with Crippen molar-refractivity contribution in [3.05, 3.63) is 12.2 Å². The quantitative estimate of drug-likeness (QED) is 0.177. The summed E-state index contributed by atoms with van der Waals surface area (Å²) >= 11 is 0. The second kappa shape index (κ2) is 16.3. The molecule has 3 heteroatoms. The first-order valence-electron chi connectivity index (χ1n) is 8.98. The lowest BCUT2D eigenvalue weighted by atomic mass is 10.1. The molecule has 3 nitrogen and oxygen atoms in total. The monoisotopic (exact) mass is 310 g/mol. The number of methoxy groups -OCH3 is 1. The van der Waals surface area contributed by atoms with Crippen LogP contribution in [0.15, 0.2) is 12.2 Å². The Hall–Kier alpha value is -1.12. The number of ether oxygens (including phenoxy) is 1. The van der Waals surface area contributed by atoms with E-state index < -0.39 is 11.8 Å². The van der Waals surface area contributed by atoms with E-state index in [4.69, 9.17) is 0 Å². The van der Waals surface area contributed by atoms with Crippen LogP contribution in [0.4, 0.5) is 0 Å². The third-order valence-electron chi connectivity index (χ3n) is 3.83. The van der Waals surface area contributed by atoms with E-state index in [1.165, 1.54) is 58.5 Å². The second-order valence-corrected chi connectivity index (χ2v) is 5.90. The molecule has 0 fully saturated rings. The van der Waals surface area contributed by atoms with E-state index in [1.54, 1.807) is 0 Å². The lowest BCUT2D eigenvalue weighted by Crippen LogP contribution is -2.14. The molecule has 0 saturated heterocycles. The second-order valence-electron chi connectivity index (χ2n) is 5.90. The number of Topliss-reactive ketones (excluding diaryl/α,β-unsaturated/α-hetero) is 1. The van der Waals surface area contributed by atoms with Crippen LogP contribution >= 0.6 is 0 Å². The van der Waals surface area contributed by atoms with E-state index >= 15 is 0 Å². The van der Waals surface area contributed by atoms with Crippen LogP contribution in [0.3, 0.4) is 0 Å². The van der Waals surface area contributed by atoms with Crippen molar-refractivity contribution in [2.75, 3.05) is 7.11 Å². The molecule has 128 valence electrons. The van der Waals surface area contributed by atoms with E-state index in [0.717, 1.165) is 25.7 Å². The molecule has 0 aliphatic rings. The average molecular weight is 310 g/mol. The van der Waals surface area contributed by atoms with Gasteiger partial charge in [0.2, 0.25) is 5.78 Å². The fourth-order valence-electron chi connectivity index (χ4n) is 2.40. The van der Waals surface area contributed by atoms with Gasteiger partial charge in [-0.15, -0.1) is 0 Å². The molecule has 0 aromatic heterocycles. The highest BCUT2D eigenvalue weighted by atomic mass is 16.5. The van der Waals surface area contributed by atoms with E-state index in [9.17, 15) is 9.59 Å². The summed E-state index contributed by atoms with van der Waals surface area (Å²) in [5.41, 5.74) is 0. The third kappa shape index (κ3) is 13.8. The number of carbonyl (C=O) groups excluding carboxylic acids is 2. The Balaban J connectivity index is 3.24. The van der Waals surface area contributed by atoms with Gasteiger partial charge in [0.1, 0.15) is 0 Å². The summed E-state index contributed by atoms with van der Waals surface area (Å²) in [6.45, 7) is 2.25. The molecule has 0 N–H and O–H groups in total. The minimum absolute atomic E-state index is 0.320. The number of hydrogen-bond acceptors (Lipinski definition) is 3. The molecular formula is C19H34O3. The smallest absolute Gasteiger partial charge is 0.374 e. The van der Waals surface area contributed by atoms with Crippen LogP contribution in [-0.4, -0.2) is 18.9 Å². The Morgan fingerprint density at radius 2 is 1.27 bits per heavy atom. The van der Waals surface area contributed by atoms with Crippen LogP contribution in [-0.2, 0) is 14.3 Å². The molecule has 22 heavy (non-hydrogen) atoms. The molecule has 0 spiro atoms. The molecular weight excluding hydrogens is 276 g/mol. The van der Waals surface area contributed by atoms with Gasteiger partial charge in [0.05, 0.1) is 7.11 Å². The van der Waals surface area contributed by atoms with Gasteiger partial charge in [-0.1, -0.05) is 64.0 Å². The third-order valence-corrected chi connectivity index (χ3v) is 3.83. The van der Waals surface area contributed by atoms with Crippen molar-refractivity contribution in [2.45, 2.75) is 90.4 Å². The zero-order valence-corrected chi connectivity index (χ0v) is 14.6. The van der Waals surface area contributed by atoms with E-state index in [2.05, 4.69) is 23.8 Å². The summed E-state index contributed by atoms with van der Waals surface area (Å²) in [6, 6.07) is 0. The Labute approximate surface area is 136 Å². The van der Waals surface area contributed by atoms with Crippen molar-refractivity contribution in [1.29, 1.82) is 0 Å². The minimum Gasteiger partial charge on any atom is -0.463 e. The lowest BCUT2D eigenvalue weighted by Gasteiger charge is -2.00. The van der Waals surface area contributed by atoms with Gasteiger partial charge in [0.25, 0.3) is 0 Å². The van der Waals surface area contributed by atoms with Crippen molar-refractivity contribution >= 4 is 11.8 Å². The molecule has 0 unspecified atom stereocenters. The summed E-state index contributed by atoms with van der Waals surface area (Å²) in [6.07, 6.45) is 19.5. The zero-order chi connectivity index (χ0) is 16.5. The predicted molar refractivity (Wildman–Crippen MR) is 91.9 cm³/mol. The summed E-state index contributed by atoms with van der Waals surface area (Å²) in [7, 11) is 1.25. The van der Waals surface area contributed by atoms with Gasteiger partial charge in [-0.05, 0) is 32.1 Å². The molecule has 0 atom stereocenters. The Bertz CT molecular complexity index is 308. The van der Waals surface area contributed by atoms with Crippen LogP contribution < -0.4 is 0 Å². The summed E-state index contributed by atoms with van der Waals surface area (Å²) in [5, 5.41) is 0. The maximum atomic E-state index is 11.2. The molecule has 0 aliphatic heterocycles. The van der Waals surface area contributed by atoms with E-state index in [0.29, 0.717) is 6.42 Å². The summed E-state index contributed by atoms with van der Waals surface area (Å²) in [5.74, 6) is -1.11. The SMILES string of the molecule is CCCCCCCC/C=C\CCCCCCC(=O)C(=O)OC. The molecule has 0 amide bonds. The van der Waals surface area contributed by atoms with Gasteiger partial charge in [0, 0.05) is 6.42 Å². The van der Waals surface area contributed by atoms with Gasteiger partial charge in [-0.3, -0.25) is 4.79 Å². The number of ketones is 1. The number of rotatable bonds is 15. The molecule has 0 radical (unpaired) electrons. The van der Waals surface area contributed by atoms with Crippen molar-refractivity contribution in [3.8, 4) is 0 Å². The number of hydrogen-bond donors (Lipinski definition) is 0. The molecule has 0 aromatic carbocycles. The molecule has 0 bridgehead atoms. The first-order chi connectivity index (χ1) is 10.7. The van der Waals surface area contributed by atoms with Crippen molar-refractivity contribution in [1.82, 2.24) is 0 Å². The van der Waals surface area contributed by atoms with Gasteiger partial charge in [-0.2, -0.15) is 0 Å². The summed E-state index contributed by atoms with van der Waals surface area (Å²) < 4.78 is 4.38. The van der Waals surface area contributed by atoms with Gasteiger partial charge in [-0.25, -0.2) is 4.79 Å². The van der Waals surface area contributed by atoms with Crippen molar-refractivity contribution in [3.63, 3.8) is 0 Å². The van der Waals surface area contributed by atoms with Gasteiger partial charge < -0.3 is 4.74 Å². The first-order valence-corrected chi connectivity index (χ1v) is 8.98. The Morgan fingerprint density at radius 3 is 1.82 bits per heavy atom. The topological polar surface area (TPSA) is 43.4 Å². The van der Waals surface area contributed by atoms with E-state index in [1.807, 2.05) is 0 Å². The predicted octanol–water partition coefficient (Wildman–Crippen LogP) is 5.38. The van der Waals surface area contributed by atoms with Crippen LogP contribution in [0.5, 0.6) is 0 Å².